The molecule has 0 amide bonds. The van der Waals surface area contributed by atoms with Gasteiger partial charge < -0.3 is 15.4 Å². The first-order chi connectivity index (χ1) is 7.67. The molecule has 0 aliphatic carbocycles. The van der Waals surface area contributed by atoms with Crippen LogP contribution < -0.4 is 10.6 Å². The molecule has 0 aliphatic rings. The molecule has 0 bridgehead atoms. The van der Waals surface area contributed by atoms with E-state index in [1.54, 1.807) is 7.11 Å². The molecule has 0 fully saturated rings. The molecule has 90 valence electrons. The van der Waals surface area contributed by atoms with Crippen molar-refractivity contribution in [1.82, 2.24) is 10.3 Å². The topological polar surface area (TPSA) is 46.2 Å². The molecule has 0 radical (unpaired) electrons. The molecule has 16 heavy (non-hydrogen) atoms. The van der Waals surface area contributed by atoms with E-state index < -0.39 is 0 Å². The largest absolute Gasteiger partial charge is 0.380 e. The van der Waals surface area contributed by atoms with Crippen LogP contribution in [0.2, 0.25) is 0 Å². The third-order valence-corrected chi connectivity index (χ3v) is 2.54. The summed E-state index contributed by atoms with van der Waals surface area (Å²) in [6.45, 7) is 5.68. The summed E-state index contributed by atoms with van der Waals surface area (Å²) in [5.74, 6) is 0.904. The average Bonchev–Trinajstić information content (AvgIpc) is 2.29. The number of rotatable bonds is 6. The summed E-state index contributed by atoms with van der Waals surface area (Å²) < 4.78 is 5.16. The lowest BCUT2D eigenvalue weighted by atomic mass is 10.2. The number of hydrogen-bond donors (Lipinski definition) is 2. The highest BCUT2D eigenvalue weighted by molar-refractivity contribution is 5.38. The fourth-order valence-electron chi connectivity index (χ4n) is 1.40. The minimum Gasteiger partial charge on any atom is -0.380 e. The number of nitrogens with zero attached hydrogens (tertiary/aromatic N) is 1. The summed E-state index contributed by atoms with van der Waals surface area (Å²) in [7, 11) is 3.65. The highest BCUT2D eigenvalue weighted by Gasteiger charge is 2.02. The number of pyridine rings is 1. The van der Waals surface area contributed by atoms with E-state index in [2.05, 4.69) is 21.7 Å². The van der Waals surface area contributed by atoms with E-state index in [1.165, 1.54) is 5.56 Å². The van der Waals surface area contributed by atoms with Crippen LogP contribution in [0, 0.1) is 6.92 Å². The van der Waals surface area contributed by atoms with Crippen LogP contribution in [-0.2, 0) is 11.3 Å². The standard InChI is InChI=1S/C12H21N3O/c1-9(16-4)7-14-12-6-5-11(8-13-3)10(2)15-12/h5-6,9,13H,7-8H2,1-4H3,(H,14,15). The van der Waals surface area contributed by atoms with Crippen LogP contribution in [-0.4, -0.2) is 31.8 Å². The van der Waals surface area contributed by atoms with Gasteiger partial charge in [-0.15, -0.1) is 0 Å². The van der Waals surface area contributed by atoms with E-state index in [0.717, 1.165) is 24.6 Å². The second-order valence-corrected chi connectivity index (χ2v) is 3.90. The van der Waals surface area contributed by atoms with E-state index >= 15 is 0 Å². The monoisotopic (exact) mass is 223 g/mol. The number of nitrogens with one attached hydrogen (secondary N) is 2. The maximum atomic E-state index is 5.16. The molecule has 1 rings (SSSR count). The second kappa shape index (κ2) is 6.45. The van der Waals surface area contributed by atoms with Crippen molar-refractivity contribution < 1.29 is 4.74 Å². The zero-order chi connectivity index (χ0) is 12.0. The first-order valence-electron chi connectivity index (χ1n) is 5.55. The number of methoxy groups -OCH3 is 1. The summed E-state index contributed by atoms with van der Waals surface area (Å²) in [4.78, 5) is 4.49. The van der Waals surface area contributed by atoms with E-state index in [-0.39, 0.29) is 6.10 Å². The molecule has 0 saturated carbocycles. The van der Waals surface area contributed by atoms with Crippen LogP contribution in [0.5, 0.6) is 0 Å². The fourth-order valence-corrected chi connectivity index (χ4v) is 1.40. The van der Waals surface area contributed by atoms with Gasteiger partial charge >= 0.3 is 0 Å². The van der Waals surface area contributed by atoms with Gasteiger partial charge in [0.1, 0.15) is 5.82 Å². The zero-order valence-corrected chi connectivity index (χ0v) is 10.5. The van der Waals surface area contributed by atoms with Gasteiger partial charge in [-0.1, -0.05) is 6.07 Å². The SMILES string of the molecule is CNCc1ccc(NCC(C)OC)nc1C. The van der Waals surface area contributed by atoms with E-state index in [9.17, 15) is 0 Å². The minimum atomic E-state index is 0.194. The highest BCUT2D eigenvalue weighted by Crippen LogP contribution is 2.10. The van der Waals surface area contributed by atoms with Crippen molar-refractivity contribution in [2.75, 3.05) is 26.0 Å². The van der Waals surface area contributed by atoms with E-state index in [4.69, 9.17) is 4.74 Å². The quantitative estimate of drug-likeness (QED) is 0.768. The van der Waals surface area contributed by atoms with Gasteiger partial charge in [-0.05, 0) is 32.5 Å². The van der Waals surface area contributed by atoms with Crippen molar-refractivity contribution in [3.05, 3.63) is 23.4 Å². The number of ether oxygens (including phenoxy) is 1. The van der Waals surface area contributed by atoms with Crippen LogP contribution in [0.15, 0.2) is 12.1 Å². The van der Waals surface area contributed by atoms with Gasteiger partial charge in [0.2, 0.25) is 0 Å². The van der Waals surface area contributed by atoms with Gasteiger partial charge in [0.25, 0.3) is 0 Å². The molecule has 0 spiro atoms. The van der Waals surface area contributed by atoms with Crippen LogP contribution in [0.4, 0.5) is 5.82 Å². The Morgan fingerprint density at radius 2 is 2.19 bits per heavy atom. The summed E-state index contributed by atoms with van der Waals surface area (Å²) >= 11 is 0. The first kappa shape index (κ1) is 12.9. The average molecular weight is 223 g/mol. The van der Waals surface area contributed by atoms with Crippen molar-refractivity contribution in [2.24, 2.45) is 0 Å². The lowest BCUT2D eigenvalue weighted by molar-refractivity contribution is 0.128. The third-order valence-electron chi connectivity index (χ3n) is 2.54. The van der Waals surface area contributed by atoms with Crippen molar-refractivity contribution in [1.29, 1.82) is 0 Å². The molecule has 4 nitrogen and oxygen atoms in total. The van der Waals surface area contributed by atoms with Crippen molar-refractivity contribution in [3.8, 4) is 0 Å². The lowest BCUT2D eigenvalue weighted by Crippen LogP contribution is -2.19. The zero-order valence-electron chi connectivity index (χ0n) is 10.5. The van der Waals surface area contributed by atoms with Gasteiger partial charge in [-0.2, -0.15) is 0 Å². The van der Waals surface area contributed by atoms with E-state index in [0.29, 0.717) is 0 Å². The maximum Gasteiger partial charge on any atom is 0.126 e. The molecule has 2 N–H and O–H groups in total. The number of aromatic nitrogens is 1. The Kier molecular flexibility index (Phi) is 5.22. The van der Waals surface area contributed by atoms with Gasteiger partial charge in [-0.25, -0.2) is 4.98 Å². The molecule has 1 atom stereocenters. The molecule has 1 aromatic heterocycles. The maximum absolute atomic E-state index is 5.16. The van der Waals surface area contributed by atoms with Crippen LogP contribution >= 0.6 is 0 Å². The summed E-state index contributed by atoms with van der Waals surface area (Å²) in [6, 6.07) is 4.10. The van der Waals surface area contributed by atoms with Gasteiger partial charge in [-0.3, -0.25) is 0 Å². The Hall–Kier alpha value is -1.13. The third kappa shape index (κ3) is 3.79. The molecule has 1 heterocycles. The number of aryl methyl sites for hydroxylation is 1. The molecule has 0 aliphatic heterocycles. The Labute approximate surface area is 97.4 Å². The van der Waals surface area contributed by atoms with Gasteiger partial charge in [0.15, 0.2) is 0 Å². The predicted octanol–water partition coefficient (Wildman–Crippen LogP) is 1.56. The molecule has 0 aromatic carbocycles. The number of anilines is 1. The first-order valence-corrected chi connectivity index (χ1v) is 5.55. The van der Waals surface area contributed by atoms with Crippen molar-refractivity contribution >= 4 is 5.82 Å². The summed E-state index contributed by atoms with van der Waals surface area (Å²) in [5.41, 5.74) is 2.29. The van der Waals surface area contributed by atoms with Crippen LogP contribution in [0.25, 0.3) is 0 Å². The van der Waals surface area contributed by atoms with Crippen molar-refractivity contribution in [3.63, 3.8) is 0 Å². The molecular formula is C12H21N3O. The Bertz CT molecular complexity index is 328. The van der Waals surface area contributed by atoms with Gasteiger partial charge in [0, 0.05) is 25.9 Å². The van der Waals surface area contributed by atoms with E-state index in [1.807, 2.05) is 27.0 Å². The van der Waals surface area contributed by atoms with Crippen LogP contribution in [0.1, 0.15) is 18.2 Å². The smallest absolute Gasteiger partial charge is 0.126 e. The fraction of sp³-hybridized carbons (Fsp3) is 0.583. The van der Waals surface area contributed by atoms with Gasteiger partial charge in [0.05, 0.1) is 6.10 Å². The molecule has 0 saturated heterocycles. The number of hydrogen-bond acceptors (Lipinski definition) is 4. The molecule has 1 aromatic rings. The Balaban J connectivity index is 2.59. The summed E-state index contributed by atoms with van der Waals surface area (Å²) in [5, 5.41) is 6.37. The molecular weight excluding hydrogens is 202 g/mol. The highest BCUT2D eigenvalue weighted by atomic mass is 16.5. The minimum absolute atomic E-state index is 0.194. The Morgan fingerprint density at radius 3 is 2.75 bits per heavy atom. The Morgan fingerprint density at radius 1 is 1.44 bits per heavy atom. The lowest BCUT2D eigenvalue weighted by Gasteiger charge is -2.12. The summed E-state index contributed by atoms with van der Waals surface area (Å²) in [6.07, 6.45) is 0.194. The normalized spacial score (nSPS) is 12.5. The second-order valence-electron chi connectivity index (χ2n) is 3.90. The molecule has 1 unspecified atom stereocenters. The van der Waals surface area contributed by atoms with Crippen molar-refractivity contribution in [2.45, 2.75) is 26.5 Å². The molecule has 4 heteroatoms. The predicted molar refractivity (Wildman–Crippen MR) is 66.7 cm³/mol. The van der Waals surface area contributed by atoms with Crippen LogP contribution in [0.3, 0.4) is 0 Å².